The molecule has 3 fully saturated rings. The first-order valence-electron chi connectivity index (χ1n) is 8.46. The molecule has 0 aromatic carbocycles. The van der Waals surface area contributed by atoms with Crippen molar-refractivity contribution < 1.29 is 42.0 Å². The minimum Gasteiger partial charge on any atom is -0.390 e. The summed E-state index contributed by atoms with van der Waals surface area (Å²) in [6.45, 7) is -0.264. The molecule has 0 radical (unpaired) electrons. The number of rotatable bonds is 4. The predicted octanol–water partition coefficient (Wildman–Crippen LogP) is 1.10. The lowest BCUT2D eigenvalue weighted by atomic mass is 10.0. The Balaban J connectivity index is 1.94. The number of hydrogen-bond donors (Lipinski definition) is 2. The zero-order chi connectivity index (χ0) is 19.7. The van der Waals surface area contributed by atoms with Crippen LogP contribution in [0.5, 0.6) is 0 Å². The molecule has 0 aromatic heterocycles. The van der Waals surface area contributed by atoms with Crippen molar-refractivity contribution in [1.82, 2.24) is 5.32 Å². The molecule has 2 N–H and O–H groups in total. The molecule has 1 saturated carbocycles. The van der Waals surface area contributed by atoms with Crippen LogP contribution in [0.15, 0.2) is 0 Å². The van der Waals surface area contributed by atoms with Gasteiger partial charge >= 0.3 is 12.1 Å². The van der Waals surface area contributed by atoms with Crippen molar-refractivity contribution in [3.05, 3.63) is 0 Å². The van der Waals surface area contributed by atoms with E-state index in [2.05, 4.69) is 5.32 Å². The normalized spacial score (nSPS) is 36.3. The summed E-state index contributed by atoms with van der Waals surface area (Å²) in [6.07, 6.45) is -7.56. The number of halogens is 3. The number of methoxy groups -OCH3 is 1. The lowest BCUT2D eigenvalue weighted by molar-refractivity contribution is -0.175. The van der Waals surface area contributed by atoms with E-state index >= 15 is 0 Å². The highest BCUT2D eigenvalue weighted by Gasteiger charge is 2.59. The van der Waals surface area contributed by atoms with Crippen LogP contribution in [0.1, 0.15) is 12.8 Å². The second-order valence-electron chi connectivity index (χ2n) is 6.50. The first-order valence-corrected chi connectivity index (χ1v) is 10.4. The minimum atomic E-state index is -5.02. The third-order valence-corrected chi connectivity index (χ3v) is 8.26. The van der Waals surface area contributed by atoms with Crippen molar-refractivity contribution in [2.24, 2.45) is 0 Å². The van der Waals surface area contributed by atoms with Gasteiger partial charge in [0, 0.05) is 13.5 Å². The number of thioether (sulfide) groups is 2. The Kier molecular flexibility index (Phi) is 6.87. The molecular weight excluding hydrogens is 411 g/mol. The van der Waals surface area contributed by atoms with Gasteiger partial charge < -0.3 is 29.4 Å². The number of aliphatic hydroxyl groups is 1. The Labute approximate surface area is 163 Å². The summed E-state index contributed by atoms with van der Waals surface area (Å²) >= 11 is 2.88. The fourth-order valence-corrected chi connectivity index (χ4v) is 7.22. The van der Waals surface area contributed by atoms with Gasteiger partial charge in [-0.05, 0) is 17.9 Å². The van der Waals surface area contributed by atoms with Gasteiger partial charge in [-0.2, -0.15) is 13.2 Å². The summed E-state index contributed by atoms with van der Waals surface area (Å²) in [6, 6.07) is -1.000. The van der Waals surface area contributed by atoms with E-state index in [4.69, 9.17) is 18.9 Å². The van der Waals surface area contributed by atoms with Crippen molar-refractivity contribution in [3.8, 4) is 0 Å². The highest BCUT2D eigenvalue weighted by molar-refractivity contribution is 8.18. The smallest absolute Gasteiger partial charge is 0.390 e. The van der Waals surface area contributed by atoms with E-state index in [1.807, 2.05) is 0 Å². The average molecular weight is 433 g/mol. The number of alkyl halides is 3. The summed E-state index contributed by atoms with van der Waals surface area (Å²) in [5, 5.41) is 12.9. The molecule has 156 valence electrons. The van der Waals surface area contributed by atoms with Crippen LogP contribution >= 0.6 is 23.5 Å². The van der Waals surface area contributed by atoms with Crippen LogP contribution < -0.4 is 5.32 Å². The van der Waals surface area contributed by atoms with Gasteiger partial charge in [0.15, 0.2) is 0 Å². The Bertz CT molecular complexity index is 534. The first kappa shape index (κ1) is 21.5. The maximum Gasteiger partial charge on any atom is 0.471 e. The summed E-state index contributed by atoms with van der Waals surface area (Å²) in [5.41, 5.74) is 0. The Morgan fingerprint density at radius 1 is 1.30 bits per heavy atom. The summed E-state index contributed by atoms with van der Waals surface area (Å²) in [4.78, 5) is 11.7. The minimum absolute atomic E-state index is 0.110. The second-order valence-corrected chi connectivity index (χ2v) is 9.61. The maximum absolute atomic E-state index is 12.9. The number of carbonyl (C=O) groups excluding carboxylic acids is 1. The lowest BCUT2D eigenvalue weighted by Crippen LogP contribution is -2.60. The molecule has 0 unspecified atom stereocenters. The molecule has 2 aliphatic heterocycles. The van der Waals surface area contributed by atoms with Crippen LogP contribution in [0.4, 0.5) is 13.2 Å². The lowest BCUT2D eigenvalue weighted by Gasteiger charge is -2.43. The number of amides is 1. The molecule has 0 aromatic rings. The molecule has 3 rings (SSSR count). The number of ether oxygens (including phenoxy) is 4. The van der Waals surface area contributed by atoms with Crippen molar-refractivity contribution in [2.75, 3.05) is 32.2 Å². The number of fused-ring (bicyclic) bond motifs is 1. The monoisotopic (exact) mass is 433 g/mol. The number of carbonyl (C=O) groups is 1. The van der Waals surface area contributed by atoms with Crippen molar-refractivity contribution in [1.29, 1.82) is 0 Å². The van der Waals surface area contributed by atoms with Gasteiger partial charge in [-0.1, -0.05) is 0 Å². The van der Waals surface area contributed by atoms with Gasteiger partial charge in [0.25, 0.3) is 0 Å². The van der Waals surface area contributed by atoms with Crippen molar-refractivity contribution >= 4 is 29.4 Å². The van der Waals surface area contributed by atoms with E-state index in [0.717, 1.165) is 6.42 Å². The molecule has 2 saturated heterocycles. The molecule has 1 spiro atoms. The molecule has 1 amide bonds. The summed E-state index contributed by atoms with van der Waals surface area (Å²) in [7, 11) is 1.42. The fraction of sp³-hybridized carbons (Fsp3) is 0.933. The highest BCUT2D eigenvalue weighted by Crippen LogP contribution is 2.52. The van der Waals surface area contributed by atoms with Crippen molar-refractivity contribution in [2.45, 2.75) is 53.6 Å². The van der Waals surface area contributed by atoms with Gasteiger partial charge in [-0.15, -0.1) is 23.5 Å². The van der Waals surface area contributed by atoms with Crippen LogP contribution in [0, 0.1) is 0 Å². The molecule has 7 nitrogen and oxygen atoms in total. The summed E-state index contributed by atoms with van der Waals surface area (Å²) in [5.74, 6) is -0.612. The molecular formula is C15H22F3NO6S2. The fourth-order valence-electron chi connectivity index (χ4n) is 3.61. The molecule has 27 heavy (non-hydrogen) atoms. The number of aliphatic hydroxyl groups excluding tert-OH is 1. The Morgan fingerprint density at radius 3 is 2.59 bits per heavy atom. The zero-order valence-electron chi connectivity index (χ0n) is 14.6. The third kappa shape index (κ3) is 4.51. The zero-order valence-corrected chi connectivity index (χ0v) is 16.2. The van der Waals surface area contributed by atoms with E-state index in [9.17, 15) is 23.1 Å². The van der Waals surface area contributed by atoms with Crippen LogP contribution in [-0.2, 0) is 23.7 Å². The van der Waals surface area contributed by atoms with Gasteiger partial charge in [0.1, 0.15) is 31.9 Å². The molecule has 0 bridgehead atoms. The van der Waals surface area contributed by atoms with Crippen LogP contribution in [0.3, 0.4) is 0 Å². The highest BCUT2D eigenvalue weighted by atomic mass is 32.2. The first-order chi connectivity index (χ1) is 12.8. The molecule has 1 aliphatic carbocycles. The van der Waals surface area contributed by atoms with E-state index in [1.54, 1.807) is 0 Å². The average Bonchev–Trinajstić information content (AvgIpc) is 3.05. The van der Waals surface area contributed by atoms with Crippen LogP contribution in [0.25, 0.3) is 0 Å². The van der Waals surface area contributed by atoms with E-state index in [-0.39, 0.29) is 20.0 Å². The van der Waals surface area contributed by atoms with Crippen LogP contribution in [-0.4, -0.2) is 83.9 Å². The van der Waals surface area contributed by atoms with E-state index < -0.39 is 46.6 Å². The molecule has 12 heteroatoms. The summed E-state index contributed by atoms with van der Waals surface area (Å²) < 4.78 is 59.5. The van der Waals surface area contributed by atoms with Gasteiger partial charge in [0.2, 0.25) is 0 Å². The third-order valence-electron chi connectivity index (χ3n) is 4.75. The Hall–Kier alpha value is -0.240. The molecule has 3 aliphatic rings. The quantitative estimate of drug-likeness (QED) is 0.638. The topological polar surface area (TPSA) is 86.3 Å². The predicted molar refractivity (Wildman–Crippen MR) is 92.2 cm³/mol. The van der Waals surface area contributed by atoms with Gasteiger partial charge in [0.05, 0.1) is 16.2 Å². The van der Waals surface area contributed by atoms with E-state index in [1.165, 1.54) is 30.6 Å². The van der Waals surface area contributed by atoms with Crippen molar-refractivity contribution in [3.63, 3.8) is 0 Å². The SMILES string of the molecule is COCO[C@H]1[C@H]2OCO[C@@H]2[C@@H](NC(=O)C(F)(F)F)C2(C[C@H]1O)SCCCS2. The molecule has 5 atom stereocenters. The molecule has 2 heterocycles. The number of nitrogens with one attached hydrogen (secondary N) is 1. The standard InChI is InChI=1S/C15H22F3NO6S2/c1-22-6-23-9-8(20)5-14(26-3-2-4-27-14)12(11-10(9)24-7-25-11)19-13(21)15(16,17)18/h8-12,20H,2-7H2,1H3,(H,19,21)/t8-,9-,10-,11+,12-/m1/s1. The largest absolute Gasteiger partial charge is 0.471 e. The van der Waals surface area contributed by atoms with Gasteiger partial charge in [-0.25, -0.2) is 0 Å². The Morgan fingerprint density at radius 2 is 1.96 bits per heavy atom. The number of hydrogen-bond acceptors (Lipinski definition) is 8. The van der Waals surface area contributed by atoms with Crippen LogP contribution in [0.2, 0.25) is 0 Å². The van der Waals surface area contributed by atoms with E-state index in [0.29, 0.717) is 11.5 Å². The second kappa shape index (κ2) is 8.64. The maximum atomic E-state index is 12.9. The van der Waals surface area contributed by atoms with Gasteiger partial charge in [-0.3, -0.25) is 4.79 Å².